The maximum Gasteiger partial charge on any atom is 0.249 e. The highest BCUT2D eigenvalue weighted by molar-refractivity contribution is 7.98. The molecule has 2 aromatic rings. The molecule has 1 fully saturated rings. The fraction of sp³-hybridized carbons (Fsp3) is 0.571. The smallest absolute Gasteiger partial charge is 0.249 e. The van der Waals surface area contributed by atoms with E-state index in [0.29, 0.717) is 6.61 Å². The largest absolute Gasteiger partial charge is 0.370 e. The number of nitrogens with zero attached hydrogens (tertiary/aromatic N) is 4. The highest BCUT2D eigenvalue weighted by Gasteiger charge is 2.43. The Kier molecular flexibility index (Phi) is 2.91. The maximum absolute atomic E-state index is 6.02. The molecule has 1 atom stereocenters. The van der Waals surface area contributed by atoms with E-state index in [-0.39, 0.29) is 11.8 Å². The van der Waals surface area contributed by atoms with Crippen molar-refractivity contribution in [1.82, 2.24) is 25.5 Å². The summed E-state index contributed by atoms with van der Waals surface area (Å²) < 4.78 is 8.20. The number of nitrogens with one attached hydrogen (secondary N) is 2. The molecule has 0 spiro atoms. The minimum Gasteiger partial charge on any atom is -0.370 e. The third-order valence-corrected chi connectivity index (χ3v) is 6.44. The van der Waals surface area contributed by atoms with E-state index < -0.39 is 0 Å². The van der Waals surface area contributed by atoms with Crippen LogP contribution in [0.2, 0.25) is 0 Å². The summed E-state index contributed by atoms with van der Waals surface area (Å²) in [6.07, 6.45) is 3.09. The topological polar surface area (TPSA) is 67.2 Å². The van der Waals surface area contributed by atoms with E-state index in [4.69, 9.17) is 4.74 Å². The number of thioether (sulfide) groups is 1. The Morgan fingerprint density at radius 2 is 2.26 bits per heavy atom. The van der Waals surface area contributed by atoms with Crippen molar-refractivity contribution >= 4 is 29.0 Å². The fourth-order valence-corrected chi connectivity index (χ4v) is 5.36. The lowest BCUT2D eigenvalue weighted by Crippen LogP contribution is -2.40. The zero-order valence-corrected chi connectivity index (χ0v) is 14.8. The van der Waals surface area contributed by atoms with Crippen LogP contribution < -0.4 is 15.8 Å². The normalized spacial score (nSPS) is 24.1. The molecule has 7 nitrogen and oxygen atoms in total. The van der Waals surface area contributed by atoms with Gasteiger partial charge in [0.2, 0.25) is 5.95 Å². The summed E-state index contributed by atoms with van der Waals surface area (Å²) >= 11 is 3.44. The molecule has 23 heavy (non-hydrogen) atoms. The first-order valence-corrected chi connectivity index (χ1v) is 9.67. The Hall–Kier alpha value is -1.13. The molecule has 1 saturated heterocycles. The number of rotatable bonds is 1. The van der Waals surface area contributed by atoms with Crippen LogP contribution in [-0.2, 0) is 17.8 Å². The molecule has 0 radical (unpaired) electrons. The van der Waals surface area contributed by atoms with Gasteiger partial charge in [0.25, 0.3) is 0 Å². The van der Waals surface area contributed by atoms with E-state index in [1.807, 2.05) is 17.6 Å². The molecule has 1 unspecified atom stereocenters. The molecule has 0 bridgehead atoms. The number of ether oxygens (including phenoxy) is 1. The molecule has 2 aromatic heterocycles. The highest BCUT2D eigenvalue weighted by atomic mass is 32.2. The van der Waals surface area contributed by atoms with Crippen molar-refractivity contribution in [2.24, 2.45) is 0 Å². The van der Waals surface area contributed by atoms with Crippen molar-refractivity contribution in [3.63, 3.8) is 0 Å². The number of fused-ring (bicyclic) bond motifs is 8. The first kappa shape index (κ1) is 14.2. The number of hydrogen-bond acceptors (Lipinski definition) is 8. The first-order valence-electron chi connectivity index (χ1n) is 7.63. The third-order valence-electron chi connectivity index (χ3n) is 4.60. The second-order valence-electron chi connectivity index (χ2n) is 6.58. The molecular formula is C14H18N6OS2. The lowest BCUT2D eigenvalue weighted by atomic mass is 9.92. The van der Waals surface area contributed by atoms with Gasteiger partial charge >= 0.3 is 0 Å². The minimum atomic E-state index is -0.117. The van der Waals surface area contributed by atoms with E-state index in [1.54, 1.807) is 11.8 Å². The predicted molar refractivity (Wildman–Crippen MR) is 89.9 cm³/mol. The number of anilines is 1. The van der Waals surface area contributed by atoms with Gasteiger partial charge in [-0.1, -0.05) is 11.8 Å². The van der Waals surface area contributed by atoms with Gasteiger partial charge in [0.1, 0.15) is 11.2 Å². The average Bonchev–Trinajstić information content (AvgIpc) is 3.20. The van der Waals surface area contributed by atoms with E-state index in [0.717, 1.165) is 24.2 Å². The van der Waals surface area contributed by atoms with Crippen LogP contribution in [0.3, 0.4) is 0 Å². The lowest BCUT2D eigenvalue weighted by molar-refractivity contribution is -0.0385. The number of aromatic nitrogens is 3. The van der Waals surface area contributed by atoms with Crippen molar-refractivity contribution in [2.45, 2.75) is 43.8 Å². The van der Waals surface area contributed by atoms with Crippen molar-refractivity contribution in [3.05, 3.63) is 16.0 Å². The van der Waals surface area contributed by atoms with Gasteiger partial charge in [-0.25, -0.2) is 9.99 Å². The number of thiophene rings is 1. The van der Waals surface area contributed by atoms with Crippen molar-refractivity contribution in [1.29, 1.82) is 0 Å². The second kappa shape index (κ2) is 4.70. The zero-order chi connectivity index (χ0) is 15.8. The monoisotopic (exact) mass is 350 g/mol. The van der Waals surface area contributed by atoms with E-state index in [1.165, 1.54) is 21.0 Å². The highest BCUT2D eigenvalue weighted by Crippen LogP contribution is 2.48. The zero-order valence-electron chi connectivity index (χ0n) is 13.2. The molecule has 0 amide bonds. The van der Waals surface area contributed by atoms with Crippen LogP contribution in [0.15, 0.2) is 5.16 Å². The van der Waals surface area contributed by atoms with Crippen LogP contribution >= 0.6 is 23.1 Å². The van der Waals surface area contributed by atoms with Gasteiger partial charge < -0.3 is 4.74 Å². The van der Waals surface area contributed by atoms with Crippen LogP contribution in [0.1, 0.15) is 36.0 Å². The lowest BCUT2D eigenvalue weighted by Gasteiger charge is -2.34. The van der Waals surface area contributed by atoms with Gasteiger partial charge in [-0.2, -0.15) is 0 Å². The Balaban J connectivity index is 1.77. The predicted octanol–water partition coefficient (Wildman–Crippen LogP) is 1.79. The Labute approximate surface area is 142 Å². The van der Waals surface area contributed by atoms with Gasteiger partial charge in [-0.15, -0.1) is 21.5 Å². The van der Waals surface area contributed by atoms with Crippen molar-refractivity contribution in [3.8, 4) is 5.00 Å². The summed E-state index contributed by atoms with van der Waals surface area (Å²) in [6, 6.07) is 0. The maximum atomic E-state index is 6.02. The first-order chi connectivity index (χ1) is 11.1. The summed E-state index contributed by atoms with van der Waals surface area (Å²) in [7, 11) is 0. The summed E-state index contributed by atoms with van der Waals surface area (Å²) in [5, 5.41) is 16.5. The number of hydrazine groups is 1. The van der Waals surface area contributed by atoms with Crippen molar-refractivity contribution < 1.29 is 4.74 Å². The summed E-state index contributed by atoms with van der Waals surface area (Å²) in [5.41, 5.74) is 6.04. The third kappa shape index (κ3) is 1.88. The molecule has 0 aromatic carbocycles. The molecular weight excluding hydrogens is 332 g/mol. The average molecular weight is 350 g/mol. The molecule has 0 aliphatic carbocycles. The standard InChI is InChI=1S/C14H18N6OS2/c1-14(2)4-7-8(5-21-14)23-11-9(7)10-15-6-16-20(10)12-17-18-13(22-3)19(11)12/h10,15-16H,4-6H2,1-3H3. The summed E-state index contributed by atoms with van der Waals surface area (Å²) in [6.45, 7) is 5.75. The van der Waals surface area contributed by atoms with Crippen LogP contribution in [0.5, 0.6) is 0 Å². The quantitative estimate of drug-likeness (QED) is 0.760. The minimum absolute atomic E-state index is 0.116. The Morgan fingerprint density at radius 3 is 3.09 bits per heavy atom. The molecule has 5 heterocycles. The van der Waals surface area contributed by atoms with Gasteiger partial charge in [0.15, 0.2) is 5.16 Å². The molecule has 2 N–H and O–H groups in total. The molecule has 9 heteroatoms. The Bertz CT molecular complexity index is 798. The van der Waals surface area contributed by atoms with E-state index >= 15 is 0 Å². The van der Waals surface area contributed by atoms with Crippen LogP contribution in [-0.4, -0.2) is 33.3 Å². The van der Waals surface area contributed by atoms with Crippen LogP contribution in [0, 0.1) is 0 Å². The van der Waals surface area contributed by atoms with Crippen LogP contribution in [0.4, 0.5) is 5.95 Å². The molecule has 3 aliphatic rings. The molecule has 5 rings (SSSR count). The van der Waals surface area contributed by atoms with E-state index in [9.17, 15) is 0 Å². The Morgan fingerprint density at radius 1 is 1.39 bits per heavy atom. The van der Waals surface area contributed by atoms with Gasteiger partial charge in [-0.3, -0.25) is 10.3 Å². The van der Waals surface area contributed by atoms with Gasteiger partial charge in [-0.05, 0) is 25.7 Å². The molecule has 122 valence electrons. The molecule has 0 saturated carbocycles. The van der Waals surface area contributed by atoms with Crippen molar-refractivity contribution in [2.75, 3.05) is 17.9 Å². The fourth-order valence-electron chi connectivity index (χ4n) is 3.56. The molecule has 3 aliphatic heterocycles. The van der Waals surface area contributed by atoms with E-state index in [2.05, 4.69) is 44.4 Å². The van der Waals surface area contributed by atoms with Gasteiger partial charge in [0, 0.05) is 16.9 Å². The second-order valence-corrected chi connectivity index (χ2v) is 8.44. The summed E-state index contributed by atoms with van der Waals surface area (Å²) in [5.74, 6) is 0.857. The van der Waals surface area contributed by atoms with Gasteiger partial charge in [0.05, 0.1) is 18.9 Å². The van der Waals surface area contributed by atoms with Crippen LogP contribution in [0.25, 0.3) is 5.00 Å². The number of hydrogen-bond donors (Lipinski definition) is 2. The SMILES string of the molecule is CSc1nnc2n1-c1sc3c(c1C1NCNN21)CC(C)(C)OC3. The summed E-state index contributed by atoms with van der Waals surface area (Å²) in [4.78, 5) is 1.33.